The van der Waals surface area contributed by atoms with Crippen LogP contribution in [0.3, 0.4) is 0 Å². The van der Waals surface area contributed by atoms with Gasteiger partial charge in [0, 0.05) is 33.3 Å². The Morgan fingerprint density at radius 2 is 1.54 bits per heavy atom. The number of hydrogen-bond donors (Lipinski definition) is 0. The minimum absolute atomic E-state index is 0.0242. The van der Waals surface area contributed by atoms with Gasteiger partial charge in [0.15, 0.2) is 0 Å². The molecule has 0 aliphatic heterocycles. The standard InChI is InChI=1S/C18H22N2O3S/c1-5-18(21)20(4)16-10-6-8-14(12-16)15-9-7-11-17(13-15)24(22,23)19(2)3/h6-13H,5H2,1-4H3. The van der Waals surface area contributed by atoms with E-state index in [0.717, 1.165) is 16.8 Å². The number of anilines is 1. The van der Waals surface area contributed by atoms with Gasteiger partial charge in [0.2, 0.25) is 15.9 Å². The van der Waals surface area contributed by atoms with Crippen molar-refractivity contribution in [1.29, 1.82) is 0 Å². The van der Waals surface area contributed by atoms with Crippen molar-refractivity contribution in [3.63, 3.8) is 0 Å². The van der Waals surface area contributed by atoms with Gasteiger partial charge in [-0.25, -0.2) is 12.7 Å². The second-order valence-electron chi connectivity index (χ2n) is 5.67. The van der Waals surface area contributed by atoms with Crippen molar-refractivity contribution in [1.82, 2.24) is 4.31 Å². The van der Waals surface area contributed by atoms with Gasteiger partial charge in [0.1, 0.15) is 0 Å². The van der Waals surface area contributed by atoms with Crippen LogP contribution >= 0.6 is 0 Å². The minimum atomic E-state index is -3.48. The number of hydrogen-bond acceptors (Lipinski definition) is 3. The molecule has 0 bridgehead atoms. The van der Waals surface area contributed by atoms with Crippen molar-refractivity contribution in [3.8, 4) is 11.1 Å². The summed E-state index contributed by atoms with van der Waals surface area (Å²) in [5.41, 5.74) is 2.43. The molecule has 0 heterocycles. The molecule has 0 radical (unpaired) electrons. The van der Waals surface area contributed by atoms with E-state index < -0.39 is 10.0 Å². The Morgan fingerprint density at radius 3 is 2.12 bits per heavy atom. The highest BCUT2D eigenvalue weighted by molar-refractivity contribution is 7.89. The predicted octanol–water partition coefficient (Wildman–Crippen LogP) is 2.98. The SMILES string of the molecule is CCC(=O)N(C)c1cccc(-c2cccc(S(=O)(=O)N(C)C)c2)c1. The monoisotopic (exact) mass is 346 g/mol. The number of sulfonamides is 1. The van der Waals surface area contributed by atoms with Crippen molar-refractivity contribution in [2.24, 2.45) is 0 Å². The van der Waals surface area contributed by atoms with E-state index in [4.69, 9.17) is 0 Å². The molecule has 0 saturated heterocycles. The van der Waals surface area contributed by atoms with Crippen molar-refractivity contribution in [2.75, 3.05) is 26.0 Å². The summed E-state index contributed by atoms with van der Waals surface area (Å²) in [5, 5.41) is 0. The van der Waals surface area contributed by atoms with Gasteiger partial charge in [-0.2, -0.15) is 0 Å². The van der Waals surface area contributed by atoms with Crippen molar-refractivity contribution in [2.45, 2.75) is 18.2 Å². The molecule has 0 unspecified atom stereocenters. The molecule has 1 amide bonds. The first kappa shape index (κ1) is 18.2. The molecule has 0 aromatic heterocycles. The Morgan fingerprint density at radius 1 is 0.958 bits per heavy atom. The summed E-state index contributed by atoms with van der Waals surface area (Å²) in [6, 6.07) is 14.3. The lowest BCUT2D eigenvalue weighted by Crippen LogP contribution is -2.24. The molecule has 6 heteroatoms. The van der Waals surface area contributed by atoms with Gasteiger partial charge in [-0.3, -0.25) is 4.79 Å². The van der Waals surface area contributed by atoms with Crippen LogP contribution in [0.15, 0.2) is 53.4 Å². The summed E-state index contributed by atoms with van der Waals surface area (Å²) >= 11 is 0. The Kier molecular flexibility index (Phi) is 5.41. The van der Waals surface area contributed by atoms with Gasteiger partial charge in [0.05, 0.1) is 4.90 Å². The lowest BCUT2D eigenvalue weighted by molar-refractivity contribution is -0.118. The molecule has 0 saturated carbocycles. The van der Waals surface area contributed by atoms with Crippen LogP contribution in [0.5, 0.6) is 0 Å². The number of benzene rings is 2. The second-order valence-corrected chi connectivity index (χ2v) is 7.82. The van der Waals surface area contributed by atoms with Crippen molar-refractivity contribution in [3.05, 3.63) is 48.5 Å². The maximum absolute atomic E-state index is 12.3. The highest BCUT2D eigenvalue weighted by atomic mass is 32.2. The van der Waals surface area contributed by atoms with E-state index in [0.29, 0.717) is 6.42 Å². The molecule has 0 N–H and O–H groups in total. The van der Waals surface area contributed by atoms with Crippen LogP contribution in [0.1, 0.15) is 13.3 Å². The van der Waals surface area contributed by atoms with Gasteiger partial charge in [-0.15, -0.1) is 0 Å². The predicted molar refractivity (Wildman–Crippen MR) is 96.5 cm³/mol. The molecule has 0 spiro atoms. The number of carbonyl (C=O) groups excluding carboxylic acids is 1. The van der Waals surface area contributed by atoms with E-state index in [9.17, 15) is 13.2 Å². The van der Waals surface area contributed by atoms with Crippen LogP contribution < -0.4 is 4.90 Å². The number of rotatable bonds is 5. The minimum Gasteiger partial charge on any atom is -0.315 e. The maximum Gasteiger partial charge on any atom is 0.242 e. The lowest BCUT2D eigenvalue weighted by atomic mass is 10.0. The molecule has 2 aromatic rings. The second kappa shape index (κ2) is 7.15. The Bertz CT molecular complexity index is 845. The largest absolute Gasteiger partial charge is 0.315 e. The van der Waals surface area contributed by atoms with Crippen LogP contribution in [-0.4, -0.2) is 39.8 Å². The van der Waals surface area contributed by atoms with Crippen LogP contribution in [0.2, 0.25) is 0 Å². The summed E-state index contributed by atoms with van der Waals surface area (Å²) in [7, 11) is 1.27. The Hall–Kier alpha value is -2.18. The van der Waals surface area contributed by atoms with Crippen LogP contribution in [0, 0.1) is 0 Å². The first-order chi connectivity index (χ1) is 11.3. The summed E-state index contributed by atoms with van der Waals surface area (Å²) < 4.78 is 25.8. The van der Waals surface area contributed by atoms with Crippen LogP contribution in [0.25, 0.3) is 11.1 Å². The zero-order valence-corrected chi connectivity index (χ0v) is 15.2. The Labute approximate surface area is 143 Å². The van der Waals surface area contributed by atoms with E-state index >= 15 is 0 Å². The third-order valence-electron chi connectivity index (χ3n) is 3.86. The smallest absolute Gasteiger partial charge is 0.242 e. The zero-order valence-electron chi connectivity index (χ0n) is 14.4. The van der Waals surface area contributed by atoms with E-state index in [1.165, 1.54) is 18.4 Å². The number of nitrogens with zero attached hydrogens (tertiary/aromatic N) is 2. The molecule has 128 valence electrons. The normalized spacial score (nSPS) is 11.5. The molecular weight excluding hydrogens is 324 g/mol. The fourth-order valence-corrected chi connectivity index (χ4v) is 3.27. The summed E-state index contributed by atoms with van der Waals surface area (Å²) in [6.07, 6.45) is 0.428. The summed E-state index contributed by atoms with van der Waals surface area (Å²) in [6.45, 7) is 1.82. The third kappa shape index (κ3) is 3.66. The number of carbonyl (C=O) groups is 1. The molecule has 0 aliphatic rings. The van der Waals surface area contributed by atoms with Gasteiger partial charge >= 0.3 is 0 Å². The summed E-state index contributed by atoms with van der Waals surface area (Å²) in [5.74, 6) is 0.0242. The molecular formula is C18H22N2O3S. The first-order valence-electron chi connectivity index (χ1n) is 7.67. The van der Waals surface area contributed by atoms with Gasteiger partial charge in [-0.1, -0.05) is 31.2 Å². The number of amides is 1. The quantitative estimate of drug-likeness (QED) is 0.836. The van der Waals surface area contributed by atoms with Gasteiger partial charge in [-0.05, 0) is 35.4 Å². The fraction of sp³-hybridized carbons (Fsp3) is 0.278. The summed E-state index contributed by atoms with van der Waals surface area (Å²) in [4.78, 5) is 13.7. The molecule has 0 fully saturated rings. The molecule has 2 rings (SSSR count). The zero-order chi connectivity index (χ0) is 17.9. The van der Waals surface area contributed by atoms with Crippen molar-refractivity contribution >= 4 is 21.6 Å². The lowest BCUT2D eigenvalue weighted by Gasteiger charge is -2.17. The van der Waals surface area contributed by atoms with E-state index in [-0.39, 0.29) is 10.8 Å². The van der Waals surface area contributed by atoms with E-state index in [1.807, 2.05) is 37.3 Å². The van der Waals surface area contributed by atoms with Crippen LogP contribution in [0.4, 0.5) is 5.69 Å². The molecule has 2 aromatic carbocycles. The van der Waals surface area contributed by atoms with E-state index in [2.05, 4.69) is 0 Å². The third-order valence-corrected chi connectivity index (χ3v) is 5.67. The average molecular weight is 346 g/mol. The van der Waals surface area contributed by atoms with E-state index in [1.54, 1.807) is 30.1 Å². The first-order valence-corrected chi connectivity index (χ1v) is 9.11. The van der Waals surface area contributed by atoms with Crippen molar-refractivity contribution < 1.29 is 13.2 Å². The Balaban J connectivity index is 2.45. The molecule has 5 nitrogen and oxygen atoms in total. The highest BCUT2D eigenvalue weighted by Gasteiger charge is 2.17. The topological polar surface area (TPSA) is 57.7 Å². The molecule has 0 aliphatic carbocycles. The van der Waals surface area contributed by atoms with Crippen LogP contribution in [-0.2, 0) is 14.8 Å². The maximum atomic E-state index is 12.3. The molecule has 24 heavy (non-hydrogen) atoms. The average Bonchev–Trinajstić information content (AvgIpc) is 2.60. The highest BCUT2D eigenvalue weighted by Crippen LogP contribution is 2.27. The molecule has 0 atom stereocenters. The van der Waals surface area contributed by atoms with Gasteiger partial charge in [0.25, 0.3) is 0 Å². The fourth-order valence-electron chi connectivity index (χ4n) is 2.32. The van der Waals surface area contributed by atoms with Gasteiger partial charge < -0.3 is 4.90 Å².